The van der Waals surface area contributed by atoms with Crippen molar-refractivity contribution in [3.8, 4) is 0 Å². The van der Waals surface area contributed by atoms with E-state index in [4.69, 9.17) is 4.74 Å². The molecule has 5 rings (SSSR count). The Morgan fingerprint density at radius 2 is 1.71 bits per heavy atom. The Kier molecular flexibility index (Phi) is 1.98. The van der Waals surface area contributed by atoms with E-state index in [0.29, 0.717) is 23.0 Å². The minimum absolute atomic E-state index is 0.608. The Morgan fingerprint density at radius 3 is 2.35 bits per heavy atom. The summed E-state index contributed by atoms with van der Waals surface area (Å²) in [5.74, 6) is 2.94. The molecule has 6 unspecified atom stereocenters. The van der Waals surface area contributed by atoms with Crippen LogP contribution in [0.5, 0.6) is 0 Å². The maximum atomic E-state index is 5.76. The van der Waals surface area contributed by atoms with Gasteiger partial charge in [-0.05, 0) is 67.1 Å². The molecule has 0 N–H and O–H groups in total. The molecular weight excluding hydrogens is 208 g/mol. The molecule has 1 heteroatoms. The molecule has 0 amide bonds. The molecule has 0 aromatic heterocycles. The minimum atomic E-state index is 0.608. The highest BCUT2D eigenvalue weighted by Crippen LogP contribution is 2.74. The summed E-state index contributed by atoms with van der Waals surface area (Å²) < 4.78 is 5.76. The summed E-state index contributed by atoms with van der Waals surface area (Å²) in [7, 11) is 0. The molecule has 4 saturated carbocycles. The third-order valence-electron chi connectivity index (χ3n) is 7.36. The van der Waals surface area contributed by atoms with E-state index in [2.05, 4.69) is 20.8 Å². The number of ether oxygens (including phenoxy) is 1. The van der Waals surface area contributed by atoms with Crippen LogP contribution in [-0.4, -0.2) is 12.2 Å². The number of hydrogen-bond donors (Lipinski definition) is 0. The molecule has 0 radical (unpaired) electrons. The van der Waals surface area contributed by atoms with E-state index in [1.54, 1.807) is 0 Å². The van der Waals surface area contributed by atoms with Crippen LogP contribution >= 0.6 is 0 Å². The van der Waals surface area contributed by atoms with Gasteiger partial charge in [-0.15, -0.1) is 0 Å². The second kappa shape index (κ2) is 3.10. The van der Waals surface area contributed by atoms with Gasteiger partial charge in [0.1, 0.15) is 0 Å². The first-order valence-corrected chi connectivity index (χ1v) is 7.71. The molecule has 4 aliphatic carbocycles. The van der Waals surface area contributed by atoms with Crippen LogP contribution in [0.25, 0.3) is 0 Å². The Morgan fingerprint density at radius 1 is 0.941 bits per heavy atom. The molecule has 1 nitrogen and oxygen atoms in total. The minimum Gasteiger partial charge on any atom is -0.370 e. The second-order valence-electron chi connectivity index (χ2n) is 7.86. The molecule has 96 valence electrons. The van der Waals surface area contributed by atoms with Gasteiger partial charge in [-0.25, -0.2) is 0 Å². The summed E-state index contributed by atoms with van der Waals surface area (Å²) >= 11 is 0. The maximum Gasteiger partial charge on any atom is 0.0844 e. The van der Waals surface area contributed by atoms with E-state index >= 15 is 0 Å². The fourth-order valence-corrected chi connectivity index (χ4v) is 6.15. The standard InChI is InChI=1S/C16H26O/c1-10-4-5-12-9-16(10,15(12,2)3)11-6-7-13-14(8-11)17-13/h10-14H,4-9H2,1-3H3. The summed E-state index contributed by atoms with van der Waals surface area (Å²) in [4.78, 5) is 0. The molecule has 0 aromatic carbocycles. The Balaban J connectivity index is 1.65. The van der Waals surface area contributed by atoms with Crippen molar-refractivity contribution in [2.75, 3.05) is 0 Å². The van der Waals surface area contributed by atoms with Crippen LogP contribution in [0, 0.1) is 28.6 Å². The molecule has 0 spiro atoms. The summed E-state index contributed by atoms with van der Waals surface area (Å²) in [6.45, 7) is 7.67. The lowest BCUT2D eigenvalue weighted by atomic mass is 9.33. The highest BCUT2D eigenvalue weighted by atomic mass is 16.6. The predicted octanol–water partition coefficient (Wildman–Crippen LogP) is 4.02. The van der Waals surface area contributed by atoms with Crippen LogP contribution < -0.4 is 0 Å². The fourth-order valence-electron chi connectivity index (χ4n) is 6.15. The van der Waals surface area contributed by atoms with Crippen LogP contribution in [0.15, 0.2) is 0 Å². The van der Waals surface area contributed by atoms with Crippen molar-refractivity contribution < 1.29 is 4.74 Å². The van der Waals surface area contributed by atoms with Gasteiger partial charge in [-0.2, -0.15) is 0 Å². The average Bonchev–Trinajstić information content (AvgIpc) is 3.06. The number of epoxide rings is 1. The quantitative estimate of drug-likeness (QED) is 0.624. The van der Waals surface area contributed by atoms with Gasteiger partial charge >= 0.3 is 0 Å². The molecule has 2 bridgehead atoms. The van der Waals surface area contributed by atoms with Crippen LogP contribution in [-0.2, 0) is 4.74 Å². The monoisotopic (exact) mass is 234 g/mol. The van der Waals surface area contributed by atoms with Gasteiger partial charge in [0.15, 0.2) is 0 Å². The van der Waals surface area contributed by atoms with Crippen molar-refractivity contribution >= 4 is 0 Å². The van der Waals surface area contributed by atoms with Gasteiger partial charge in [0.05, 0.1) is 12.2 Å². The molecule has 5 fully saturated rings. The first-order chi connectivity index (χ1) is 8.05. The number of fused-ring (bicyclic) bond motifs is 3. The van der Waals surface area contributed by atoms with E-state index in [-0.39, 0.29) is 0 Å². The molecule has 6 atom stereocenters. The van der Waals surface area contributed by atoms with Crippen molar-refractivity contribution in [1.82, 2.24) is 0 Å². The van der Waals surface area contributed by atoms with Crippen LogP contribution in [0.2, 0.25) is 0 Å². The third-order valence-corrected chi connectivity index (χ3v) is 7.36. The second-order valence-corrected chi connectivity index (χ2v) is 7.86. The highest BCUT2D eigenvalue weighted by molar-refractivity contribution is 5.16. The summed E-state index contributed by atoms with van der Waals surface area (Å²) in [6.07, 6.45) is 10.0. The van der Waals surface area contributed by atoms with Crippen LogP contribution in [0.1, 0.15) is 59.3 Å². The molecule has 1 saturated heterocycles. The maximum absolute atomic E-state index is 5.76. The van der Waals surface area contributed by atoms with Gasteiger partial charge in [0, 0.05) is 0 Å². The van der Waals surface area contributed by atoms with Gasteiger partial charge in [-0.3, -0.25) is 0 Å². The first-order valence-electron chi connectivity index (χ1n) is 7.71. The smallest absolute Gasteiger partial charge is 0.0844 e. The molecule has 1 aliphatic heterocycles. The van der Waals surface area contributed by atoms with Gasteiger partial charge in [0.2, 0.25) is 0 Å². The van der Waals surface area contributed by atoms with Crippen LogP contribution in [0.4, 0.5) is 0 Å². The van der Waals surface area contributed by atoms with Crippen molar-refractivity contribution in [3.05, 3.63) is 0 Å². The van der Waals surface area contributed by atoms with E-state index in [1.807, 2.05) is 0 Å². The zero-order chi connectivity index (χ0) is 11.8. The molecular formula is C16H26O. The van der Waals surface area contributed by atoms with Crippen LogP contribution in [0.3, 0.4) is 0 Å². The van der Waals surface area contributed by atoms with Crippen molar-refractivity contribution in [3.63, 3.8) is 0 Å². The zero-order valence-corrected chi connectivity index (χ0v) is 11.5. The lowest BCUT2D eigenvalue weighted by Crippen LogP contribution is -2.65. The average molecular weight is 234 g/mol. The first kappa shape index (κ1) is 10.8. The Bertz CT molecular complexity index is 347. The largest absolute Gasteiger partial charge is 0.370 e. The van der Waals surface area contributed by atoms with Gasteiger partial charge < -0.3 is 4.74 Å². The molecule has 17 heavy (non-hydrogen) atoms. The fraction of sp³-hybridized carbons (Fsp3) is 1.00. The van der Waals surface area contributed by atoms with E-state index < -0.39 is 0 Å². The summed E-state index contributed by atoms with van der Waals surface area (Å²) in [5, 5.41) is 0. The van der Waals surface area contributed by atoms with E-state index in [9.17, 15) is 0 Å². The van der Waals surface area contributed by atoms with Crippen molar-refractivity contribution in [2.24, 2.45) is 28.6 Å². The predicted molar refractivity (Wildman–Crippen MR) is 68.7 cm³/mol. The van der Waals surface area contributed by atoms with E-state index in [1.165, 1.54) is 38.5 Å². The Labute approximate surface area is 105 Å². The molecule has 5 aliphatic rings. The van der Waals surface area contributed by atoms with Gasteiger partial charge in [-0.1, -0.05) is 20.8 Å². The number of rotatable bonds is 1. The summed E-state index contributed by atoms with van der Waals surface area (Å²) in [5.41, 5.74) is 1.28. The molecule has 1 heterocycles. The lowest BCUT2D eigenvalue weighted by Gasteiger charge is -2.72. The molecule has 0 aromatic rings. The summed E-state index contributed by atoms with van der Waals surface area (Å²) in [6, 6.07) is 0. The van der Waals surface area contributed by atoms with Gasteiger partial charge in [0.25, 0.3) is 0 Å². The van der Waals surface area contributed by atoms with Crippen molar-refractivity contribution in [1.29, 1.82) is 0 Å². The van der Waals surface area contributed by atoms with Crippen molar-refractivity contribution in [2.45, 2.75) is 71.5 Å². The normalized spacial score (nSPS) is 59.1. The topological polar surface area (TPSA) is 12.5 Å². The SMILES string of the molecule is CC1CCC2CC1(C1CCC3OC3C1)C2(C)C. The lowest BCUT2D eigenvalue weighted by molar-refractivity contribution is -0.231. The highest BCUT2D eigenvalue weighted by Gasteiger charge is 2.68. The number of hydrogen-bond acceptors (Lipinski definition) is 1. The van der Waals surface area contributed by atoms with E-state index in [0.717, 1.165) is 17.8 Å². The third kappa shape index (κ3) is 1.15. The zero-order valence-electron chi connectivity index (χ0n) is 11.5. The Hall–Kier alpha value is -0.0400.